The molecule has 0 bridgehead atoms. The van der Waals surface area contributed by atoms with Crippen LogP contribution in [0.4, 0.5) is 10.5 Å². The molecule has 0 spiro atoms. The Hall–Kier alpha value is -2.19. The summed E-state index contributed by atoms with van der Waals surface area (Å²) in [4.78, 5) is 32.0. The van der Waals surface area contributed by atoms with Crippen molar-refractivity contribution < 1.29 is 19.5 Å². The molecule has 2 aromatic rings. The minimum absolute atomic E-state index is 0.254. The molecule has 7 nitrogen and oxygen atoms in total. The number of carboxylic acid groups (broad SMARTS) is 1. The lowest BCUT2D eigenvalue weighted by atomic mass is 10.2. The standard InChI is InChI=1S/C11H11N3O4S/c1-14(18-2)10(15)9-8(13-11(16)17)6-3-4-12-5-7(6)19-9/h3-5,13H,1-2H3,(H,16,17). The van der Waals surface area contributed by atoms with Crippen LogP contribution >= 0.6 is 11.3 Å². The largest absolute Gasteiger partial charge is 0.465 e. The molecule has 2 heterocycles. The molecule has 2 N–H and O–H groups in total. The summed E-state index contributed by atoms with van der Waals surface area (Å²) in [5.74, 6) is -0.424. The van der Waals surface area contributed by atoms with Gasteiger partial charge in [-0.15, -0.1) is 11.3 Å². The van der Waals surface area contributed by atoms with Crippen LogP contribution in [0, 0.1) is 0 Å². The van der Waals surface area contributed by atoms with E-state index in [-0.39, 0.29) is 10.6 Å². The summed E-state index contributed by atoms with van der Waals surface area (Å²) in [5.41, 5.74) is 0.254. The minimum atomic E-state index is -1.23. The van der Waals surface area contributed by atoms with Crippen LogP contribution in [0.25, 0.3) is 10.1 Å². The van der Waals surface area contributed by atoms with Crippen LogP contribution in [0.15, 0.2) is 18.5 Å². The Morgan fingerprint density at radius 3 is 2.89 bits per heavy atom. The second-order valence-electron chi connectivity index (χ2n) is 3.59. The predicted molar refractivity (Wildman–Crippen MR) is 70.4 cm³/mol. The van der Waals surface area contributed by atoms with Gasteiger partial charge in [0, 0.05) is 24.8 Å². The topological polar surface area (TPSA) is 91.8 Å². The Morgan fingerprint density at radius 2 is 2.26 bits per heavy atom. The van der Waals surface area contributed by atoms with Crippen LogP contribution < -0.4 is 5.32 Å². The highest BCUT2D eigenvalue weighted by Crippen LogP contribution is 2.35. The molecule has 2 aromatic heterocycles. The average Bonchev–Trinajstić information content (AvgIpc) is 2.75. The molecule has 0 atom stereocenters. The zero-order valence-electron chi connectivity index (χ0n) is 10.2. The lowest BCUT2D eigenvalue weighted by Gasteiger charge is -2.13. The van der Waals surface area contributed by atoms with E-state index in [1.165, 1.54) is 20.4 Å². The van der Waals surface area contributed by atoms with E-state index in [2.05, 4.69) is 10.3 Å². The van der Waals surface area contributed by atoms with Crippen LogP contribution in [0.3, 0.4) is 0 Å². The minimum Gasteiger partial charge on any atom is -0.465 e. The second-order valence-corrected chi connectivity index (χ2v) is 4.65. The molecular formula is C11H11N3O4S. The van der Waals surface area contributed by atoms with Crippen LogP contribution in [0.2, 0.25) is 0 Å². The molecule has 19 heavy (non-hydrogen) atoms. The zero-order chi connectivity index (χ0) is 14.0. The van der Waals surface area contributed by atoms with E-state index in [4.69, 9.17) is 9.94 Å². The highest BCUT2D eigenvalue weighted by molar-refractivity contribution is 7.21. The average molecular weight is 281 g/mol. The number of nitrogens with zero attached hydrogens (tertiary/aromatic N) is 2. The van der Waals surface area contributed by atoms with Gasteiger partial charge in [0.2, 0.25) is 0 Å². The lowest BCUT2D eigenvalue weighted by molar-refractivity contribution is -0.0753. The van der Waals surface area contributed by atoms with Crippen LogP contribution in [0.1, 0.15) is 9.67 Å². The van der Waals surface area contributed by atoms with Crippen molar-refractivity contribution in [3.63, 3.8) is 0 Å². The first-order chi connectivity index (χ1) is 9.04. The Kier molecular flexibility index (Phi) is 3.63. The molecule has 0 saturated heterocycles. The molecule has 0 aromatic carbocycles. The number of hydrogen-bond donors (Lipinski definition) is 2. The summed E-state index contributed by atoms with van der Waals surface area (Å²) >= 11 is 1.16. The Morgan fingerprint density at radius 1 is 1.53 bits per heavy atom. The van der Waals surface area contributed by atoms with Gasteiger partial charge in [-0.1, -0.05) is 0 Å². The Balaban J connectivity index is 2.58. The van der Waals surface area contributed by atoms with Gasteiger partial charge in [-0.3, -0.25) is 19.9 Å². The quantitative estimate of drug-likeness (QED) is 0.840. The molecule has 0 aliphatic rings. The van der Waals surface area contributed by atoms with Crippen molar-refractivity contribution in [2.45, 2.75) is 0 Å². The smallest absolute Gasteiger partial charge is 0.409 e. The summed E-state index contributed by atoms with van der Waals surface area (Å²) < 4.78 is 0.721. The van der Waals surface area contributed by atoms with Crippen LogP contribution in [-0.2, 0) is 4.84 Å². The van der Waals surface area contributed by atoms with Gasteiger partial charge in [0.1, 0.15) is 4.88 Å². The summed E-state index contributed by atoms with van der Waals surface area (Å²) in [6.07, 6.45) is 1.89. The van der Waals surface area contributed by atoms with Gasteiger partial charge >= 0.3 is 6.09 Å². The third-order valence-corrected chi connectivity index (χ3v) is 3.61. The van der Waals surface area contributed by atoms with Gasteiger partial charge < -0.3 is 5.11 Å². The first-order valence-electron chi connectivity index (χ1n) is 5.23. The third kappa shape index (κ3) is 2.49. The van der Waals surface area contributed by atoms with Gasteiger partial charge in [-0.05, 0) is 6.07 Å². The number of pyridine rings is 1. The van der Waals surface area contributed by atoms with Crippen molar-refractivity contribution in [1.82, 2.24) is 10.0 Å². The number of amides is 2. The number of hydroxylamine groups is 2. The van der Waals surface area contributed by atoms with Crippen LogP contribution in [0.5, 0.6) is 0 Å². The van der Waals surface area contributed by atoms with E-state index >= 15 is 0 Å². The molecule has 0 fully saturated rings. The number of rotatable bonds is 3. The van der Waals surface area contributed by atoms with Crippen LogP contribution in [-0.4, -0.2) is 41.3 Å². The van der Waals surface area contributed by atoms with Crippen molar-refractivity contribution in [2.75, 3.05) is 19.5 Å². The maximum absolute atomic E-state index is 12.1. The lowest BCUT2D eigenvalue weighted by Crippen LogP contribution is -2.25. The van der Waals surface area contributed by atoms with E-state index in [1.807, 2.05) is 0 Å². The number of carbonyl (C=O) groups is 2. The van der Waals surface area contributed by atoms with E-state index in [1.54, 1.807) is 12.3 Å². The molecule has 8 heteroatoms. The molecule has 0 aliphatic carbocycles. The van der Waals surface area contributed by atoms with Gasteiger partial charge in [-0.2, -0.15) is 0 Å². The number of nitrogens with one attached hydrogen (secondary N) is 1. The van der Waals surface area contributed by atoms with E-state index in [0.717, 1.165) is 21.1 Å². The van der Waals surface area contributed by atoms with Crippen molar-refractivity contribution in [3.8, 4) is 0 Å². The highest BCUT2D eigenvalue weighted by atomic mass is 32.1. The molecule has 0 saturated carbocycles. The number of carbonyl (C=O) groups excluding carboxylic acids is 1. The Labute approximate surface area is 112 Å². The van der Waals surface area contributed by atoms with E-state index in [9.17, 15) is 9.59 Å². The van der Waals surface area contributed by atoms with Gasteiger partial charge in [0.15, 0.2) is 0 Å². The number of aromatic nitrogens is 1. The maximum Gasteiger partial charge on any atom is 0.409 e. The monoisotopic (exact) mass is 281 g/mol. The first kappa shape index (κ1) is 13.2. The van der Waals surface area contributed by atoms with Gasteiger partial charge in [0.05, 0.1) is 17.5 Å². The maximum atomic E-state index is 12.1. The fourth-order valence-electron chi connectivity index (χ4n) is 1.56. The summed E-state index contributed by atoms with van der Waals surface area (Å²) in [6, 6.07) is 1.65. The van der Waals surface area contributed by atoms with Crippen molar-refractivity contribution >= 4 is 39.1 Å². The van der Waals surface area contributed by atoms with E-state index in [0.29, 0.717) is 5.39 Å². The fourth-order valence-corrected chi connectivity index (χ4v) is 2.65. The zero-order valence-corrected chi connectivity index (χ0v) is 11.0. The Bertz CT molecular complexity index is 640. The molecule has 0 unspecified atom stereocenters. The summed E-state index contributed by atoms with van der Waals surface area (Å²) in [6.45, 7) is 0. The molecule has 2 amide bonds. The first-order valence-corrected chi connectivity index (χ1v) is 6.05. The summed E-state index contributed by atoms with van der Waals surface area (Å²) in [7, 11) is 2.81. The van der Waals surface area contributed by atoms with Crippen molar-refractivity contribution in [3.05, 3.63) is 23.3 Å². The van der Waals surface area contributed by atoms with Crippen molar-refractivity contribution in [2.24, 2.45) is 0 Å². The third-order valence-electron chi connectivity index (χ3n) is 2.48. The normalized spacial score (nSPS) is 10.4. The molecular weight excluding hydrogens is 270 g/mol. The molecule has 100 valence electrons. The molecule has 0 radical (unpaired) electrons. The second kappa shape index (κ2) is 5.21. The van der Waals surface area contributed by atoms with Gasteiger partial charge in [0.25, 0.3) is 5.91 Å². The van der Waals surface area contributed by atoms with E-state index < -0.39 is 12.0 Å². The molecule has 2 rings (SSSR count). The number of thiophene rings is 1. The highest BCUT2D eigenvalue weighted by Gasteiger charge is 2.22. The molecule has 0 aliphatic heterocycles. The van der Waals surface area contributed by atoms with Crippen molar-refractivity contribution in [1.29, 1.82) is 0 Å². The SMILES string of the molecule is CON(C)C(=O)c1sc2cnccc2c1NC(=O)O. The number of hydrogen-bond acceptors (Lipinski definition) is 5. The van der Waals surface area contributed by atoms with Gasteiger partial charge in [-0.25, -0.2) is 9.86 Å². The number of anilines is 1. The fraction of sp³-hybridized carbons (Fsp3) is 0.182. The predicted octanol–water partition coefficient (Wildman–Crippen LogP) is 2.02. The number of fused-ring (bicyclic) bond motifs is 1. The summed E-state index contributed by atoms with van der Waals surface area (Å²) in [5, 5.41) is 12.8.